The molecular formula is C27H25F2N3O3. The number of amides is 1. The molecule has 0 bridgehead atoms. The number of aliphatic hydroxyl groups is 1. The van der Waals surface area contributed by atoms with E-state index >= 15 is 8.78 Å². The highest BCUT2D eigenvalue weighted by Crippen LogP contribution is 2.29. The highest BCUT2D eigenvalue weighted by Gasteiger charge is 2.27. The summed E-state index contributed by atoms with van der Waals surface area (Å²) in [6.07, 6.45) is 3.23. The van der Waals surface area contributed by atoms with E-state index in [0.29, 0.717) is 35.1 Å². The minimum Gasteiger partial charge on any atom is -0.389 e. The van der Waals surface area contributed by atoms with Crippen molar-refractivity contribution >= 4 is 16.7 Å². The number of benzene rings is 3. The van der Waals surface area contributed by atoms with Crippen molar-refractivity contribution in [3.63, 3.8) is 0 Å². The van der Waals surface area contributed by atoms with Gasteiger partial charge in [0, 0.05) is 37.2 Å². The first-order valence-corrected chi connectivity index (χ1v) is 11.4. The fourth-order valence-electron chi connectivity index (χ4n) is 4.51. The van der Waals surface area contributed by atoms with Gasteiger partial charge >= 0.3 is 0 Å². The molecule has 1 fully saturated rings. The maximum atomic E-state index is 15.4. The zero-order valence-corrected chi connectivity index (χ0v) is 19.2. The molecule has 1 amide bonds. The molecule has 1 saturated heterocycles. The maximum Gasteiger partial charge on any atom is 0.254 e. The molecule has 8 heteroatoms. The topological polar surface area (TPSA) is 76.4 Å². The number of hydrogen-bond donors (Lipinski definition) is 2. The summed E-state index contributed by atoms with van der Waals surface area (Å²) in [6, 6.07) is 12.8. The van der Waals surface area contributed by atoms with Crippen molar-refractivity contribution in [2.24, 2.45) is 7.05 Å². The maximum absolute atomic E-state index is 15.4. The number of carbonyl (C=O) groups is 1. The Morgan fingerprint density at radius 1 is 1.14 bits per heavy atom. The number of hydrogen-bond acceptors (Lipinski definition) is 4. The van der Waals surface area contributed by atoms with Crippen molar-refractivity contribution in [1.82, 2.24) is 15.1 Å². The van der Waals surface area contributed by atoms with Gasteiger partial charge < -0.3 is 15.2 Å². The molecule has 3 aromatic carbocycles. The Kier molecular flexibility index (Phi) is 6.32. The molecule has 2 unspecified atom stereocenters. The van der Waals surface area contributed by atoms with Gasteiger partial charge in [0.25, 0.3) is 5.91 Å². The first-order valence-electron chi connectivity index (χ1n) is 11.4. The van der Waals surface area contributed by atoms with Crippen molar-refractivity contribution in [3.8, 4) is 11.1 Å². The SMILES string of the molecule is Cn1cc(-c2ccc(Cc3cc(C(=O)NC4CCOCC4O)c(F)c4ccccc34)c(F)c2)cn1. The van der Waals surface area contributed by atoms with Gasteiger partial charge in [0.1, 0.15) is 11.6 Å². The molecule has 2 N–H and O–H groups in total. The van der Waals surface area contributed by atoms with Gasteiger partial charge in [0.15, 0.2) is 0 Å². The molecule has 0 radical (unpaired) electrons. The fraction of sp³-hybridized carbons (Fsp3) is 0.259. The Morgan fingerprint density at radius 2 is 1.94 bits per heavy atom. The normalized spacial score (nSPS) is 18.1. The summed E-state index contributed by atoms with van der Waals surface area (Å²) in [5, 5.41) is 17.9. The average Bonchev–Trinajstić information content (AvgIpc) is 3.29. The number of aromatic nitrogens is 2. The molecule has 1 aromatic heterocycles. The lowest BCUT2D eigenvalue weighted by atomic mass is 9.93. The number of rotatable bonds is 5. The lowest BCUT2D eigenvalue weighted by Crippen LogP contribution is -2.48. The highest BCUT2D eigenvalue weighted by molar-refractivity contribution is 6.00. The second-order valence-electron chi connectivity index (χ2n) is 8.84. The largest absolute Gasteiger partial charge is 0.389 e. The number of carbonyl (C=O) groups excluding carboxylic acids is 1. The van der Waals surface area contributed by atoms with E-state index < -0.39 is 29.7 Å². The third-order valence-electron chi connectivity index (χ3n) is 6.42. The van der Waals surface area contributed by atoms with Gasteiger partial charge in [-0.2, -0.15) is 5.10 Å². The van der Waals surface area contributed by atoms with Crippen LogP contribution in [0.4, 0.5) is 8.78 Å². The van der Waals surface area contributed by atoms with Crippen LogP contribution >= 0.6 is 0 Å². The summed E-state index contributed by atoms with van der Waals surface area (Å²) in [6.45, 7) is 0.520. The van der Waals surface area contributed by atoms with Gasteiger partial charge in [-0.25, -0.2) is 8.78 Å². The first-order chi connectivity index (χ1) is 16.9. The lowest BCUT2D eigenvalue weighted by molar-refractivity contribution is -0.0261. The van der Waals surface area contributed by atoms with Crippen molar-refractivity contribution in [2.75, 3.05) is 13.2 Å². The van der Waals surface area contributed by atoms with E-state index in [0.717, 1.165) is 5.56 Å². The smallest absolute Gasteiger partial charge is 0.254 e. The molecule has 35 heavy (non-hydrogen) atoms. The van der Waals surface area contributed by atoms with E-state index in [2.05, 4.69) is 10.4 Å². The molecule has 6 nitrogen and oxygen atoms in total. The molecule has 5 rings (SSSR count). The zero-order valence-electron chi connectivity index (χ0n) is 19.2. The third kappa shape index (κ3) is 4.67. The molecular weight excluding hydrogens is 452 g/mol. The highest BCUT2D eigenvalue weighted by atomic mass is 19.1. The van der Waals surface area contributed by atoms with Gasteiger partial charge in [-0.05, 0) is 40.6 Å². The van der Waals surface area contributed by atoms with Crippen molar-refractivity contribution in [1.29, 1.82) is 0 Å². The Hall–Kier alpha value is -3.62. The molecule has 2 atom stereocenters. The number of nitrogens with one attached hydrogen (secondary N) is 1. The molecule has 1 aliphatic heterocycles. The van der Waals surface area contributed by atoms with Crippen molar-refractivity contribution < 1.29 is 23.4 Å². The van der Waals surface area contributed by atoms with Crippen molar-refractivity contribution in [2.45, 2.75) is 25.0 Å². The molecule has 0 spiro atoms. The monoisotopic (exact) mass is 477 g/mol. The number of aliphatic hydroxyl groups excluding tert-OH is 1. The molecule has 0 saturated carbocycles. The van der Waals surface area contributed by atoms with E-state index in [1.165, 1.54) is 12.1 Å². The van der Waals surface area contributed by atoms with Crippen LogP contribution in [0.2, 0.25) is 0 Å². The Labute approximate surface area is 201 Å². The van der Waals surface area contributed by atoms with Crippen LogP contribution in [0.25, 0.3) is 21.9 Å². The molecule has 0 aliphatic carbocycles. The number of fused-ring (bicyclic) bond motifs is 1. The summed E-state index contributed by atoms with van der Waals surface area (Å²) in [7, 11) is 1.80. The second kappa shape index (κ2) is 9.56. The van der Waals surface area contributed by atoms with Gasteiger partial charge in [0.2, 0.25) is 0 Å². The van der Waals surface area contributed by atoms with Crippen LogP contribution in [-0.2, 0) is 18.2 Å². The van der Waals surface area contributed by atoms with Gasteiger partial charge in [0.05, 0.1) is 30.5 Å². The van der Waals surface area contributed by atoms with Crippen molar-refractivity contribution in [3.05, 3.63) is 89.2 Å². The fourth-order valence-corrected chi connectivity index (χ4v) is 4.51. The Balaban J connectivity index is 1.49. The predicted octanol–water partition coefficient (Wildman–Crippen LogP) is 3.99. The van der Waals surface area contributed by atoms with Crippen LogP contribution < -0.4 is 5.32 Å². The van der Waals surface area contributed by atoms with Crippen LogP contribution in [0.3, 0.4) is 0 Å². The third-order valence-corrected chi connectivity index (χ3v) is 6.42. The first kappa shape index (κ1) is 23.1. The number of nitrogens with zero attached hydrogens (tertiary/aromatic N) is 2. The van der Waals surface area contributed by atoms with Crippen LogP contribution in [0.5, 0.6) is 0 Å². The minimum absolute atomic E-state index is 0.116. The summed E-state index contributed by atoms with van der Waals surface area (Å²) < 4.78 is 37.3. The summed E-state index contributed by atoms with van der Waals surface area (Å²) in [5.41, 5.74) is 2.44. The predicted molar refractivity (Wildman–Crippen MR) is 128 cm³/mol. The van der Waals surface area contributed by atoms with Crippen LogP contribution in [-0.4, -0.2) is 46.2 Å². The lowest BCUT2D eigenvalue weighted by Gasteiger charge is -2.28. The molecule has 1 aliphatic rings. The van der Waals surface area contributed by atoms with Gasteiger partial charge in [-0.1, -0.05) is 36.4 Å². The molecule has 4 aromatic rings. The zero-order chi connectivity index (χ0) is 24.5. The number of ether oxygens (including phenoxy) is 1. The van der Waals surface area contributed by atoms with Crippen LogP contribution in [0, 0.1) is 11.6 Å². The summed E-state index contributed by atoms with van der Waals surface area (Å²) >= 11 is 0. The standard InChI is InChI=1S/C27H25F2N3O3/c1-32-14-19(13-30-32)16-6-7-17(23(28)12-16)10-18-11-22(26(29)21-5-3-2-4-20(18)21)27(34)31-24-8-9-35-15-25(24)33/h2-7,11-14,24-25,33H,8-10,15H2,1H3,(H,31,34). The second-order valence-corrected chi connectivity index (χ2v) is 8.84. The van der Waals surface area contributed by atoms with E-state index in [1.54, 1.807) is 48.3 Å². The van der Waals surface area contributed by atoms with Crippen LogP contribution in [0.1, 0.15) is 27.9 Å². The molecule has 2 heterocycles. The number of aryl methyl sites for hydroxylation is 1. The summed E-state index contributed by atoms with van der Waals surface area (Å²) in [5.74, 6) is -1.65. The van der Waals surface area contributed by atoms with Gasteiger partial charge in [-0.3, -0.25) is 9.48 Å². The number of halogens is 2. The van der Waals surface area contributed by atoms with E-state index in [-0.39, 0.29) is 24.0 Å². The Bertz CT molecular complexity index is 1400. The summed E-state index contributed by atoms with van der Waals surface area (Å²) in [4.78, 5) is 13.0. The minimum atomic E-state index is -0.858. The van der Waals surface area contributed by atoms with E-state index in [1.807, 2.05) is 12.3 Å². The quantitative estimate of drug-likeness (QED) is 0.456. The van der Waals surface area contributed by atoms with Gasteiger partial charge in [-0.15, -0.1) is 0 Å². The molecule has 180 valence electrons. The van der Waals surface area contributed by atoms with E-state index in [9.17, 15) is 9.90 Å². The van der Waals surface area contributed by atoms with E-state index in [4.69, 9.17) is 4.74 Å². The Morgan fingerprint density at radius 3 is 2.66 bits per heavy atom. The van der Waals surface area contributed by atoms with Crippen LogP contribution in [0.15, 0.2) is 60.9 Å². The average molecular weight is 478 g/mol.